The summed E-state index contributed by atoms with van der Waals surface area (Å²) >= 11 is 1.97. The monoisotopic (exact) mass is 452 g/mol. The predicted molar refractivity (Wildman–Crippen MR) is 109 cm³/mol. The van der Waals surface area contributed by atoms with Crippen LogP contribution in [0.15, 0.2) is 15.6 Å². The summed E-state index contributed by atoms with van der Waals surface area (Å²) in [4.78, 5) is 4.62. The summed E-state index contributed by atoms with van der Waals surface area (Å²) in [5.74, 6) is 2.07. The van der Waals surface area contributed by atoms with E-state index in [4.69, 9.17) is 4.52 Å². The molecule has 1 aliphatic rings. The Kier molecular flexibility index (Phi) is 9.34. The fourth-order valence-corrected chi connectivity index (χ4v) is 3.43. The van der Waals surface area contributed by atoms with Crippen LogP contribution in [-0.4, -0.2) is 35.2 Å². The van der Waals surface area contributed by atoms with E-state index in [1.807, 2.05) is 17.8 Å². The number of rotatable bonds is 6. The molecule has 2 rings (SSSR count). The van der Waals surface area contributed by atoms with Crippen molar-refractivity contribution < 1.29 is 4.52 Å². The maximum absolute atomic E-state index is 5.34. The lowest BCUT2D eigenvalue weighted by atomic mass is 10.1. The van der Waals surface area contributed by atoms with Gasteiger partial charge in [0.15, 0.2) is 11.7 Å². The van der Waals surface area contributed by atoms with Crippen LogP contribution >= 0.6 is 35.7 Å². The highest BCUT2D eigenvalue weighted by Crippen LogP contribution is 2.28. The maximum atomic E-state index is 5.34. The van der Waals surface area contributed by atoms with Gasteiger partial charge in [0.1, 0.15) is 6.54 Å². The van der Waals surface area contributed by atoms with Gasteiger partial charge in [-0.3, -0.25) is 0 Å². The molecule has 5 nitrogen and oxygen atoms in total. The van der Waals surface area contributed by atoms with Crippen molar-refractivity contribution in [3.63, 3.8) is 0 Å². The van der Waals surface area contributed by atoms with Crippen molar-refractivity contribution in [1.82, 2.24) is 15.8 Å². The summed E-state index contributed by atoms with van der Waals surface area (Å²) in [5, 5.41) is 11.7. The first-order valence-electron chi connectivity index (χ1n) is 8.15. The van der Waals surface area contributed by atoms with Crippen molar-refractivity contribution in [2.75, 3.05) is 12.8 Å². The molecule has 0 amide bonds. The highest BCUT2D eigenvalue weighted by molar-refractivity contribution is 14.0. The van der Waals surface area contributed by atoms with Crippen molar-refractivity contribution in [2.24, 2.45) is 4.99 Å². The standard InChI is InChI=1S/C16H28N4OS.HI/c1-5-17-16(19-12-6-7-14(8-12)22-4)18-10-13-9-15(11(2)3)20-21-13;/h9,11-12,14H,5-8,10H2,1-4H3,(H2,17,18,19);1H. The van der Waals surface area contributed by atoms with Crippen LogP contribution in [0.3, 0.4) is 0 Å². The molecule has 1 heterocycles. The zero-order valence-electron chi connectivity index (χ0n) is 14.5. The molecule has 1 aliphatic carbocycles. The number of hydrogen-bond acceptors (Lipinski definition) is 4. The number of thioether (sulfide) groups is 1. The average Bonchev–Trinajstić information content (AvgIpc) is 3.14. The molecule has 132 valence electrons. The largest absolute Gasteiger partial charge is 0.359 e. The average molecular weight is 452 g/mol. The fraction of sp³-hybridized carbons (Fsp3) is 0.750. The van der Waals surface area contributed by atoms with Crippen LogP contribution in [0.25, 0.3) is 0 Å². The van der Waals surface area contributed by atoms with E-state index >= 15 is 0 Å². The van der Waals surface area contributed by atoms with Gasteiger partial charge >= 0.3 is 0 Å². The molecule has 1 fully saturated rings. The van der Waals surface area contributed by atoms with E-state index in [1.54, 1.807) is 0 Å². The predicted octanol–water partition coefficient (Wildman–Crippen LogP) is 3.76. The Morgan fingerprint density at radius 3 is 2.83 bits per heavy atom. The molecule has 2 unspecified atom stereocenters. The number of hydrogen-bond donors (Lipinski definition) is 2. The second kappa shape index (κ2) is 10.4. The van der Waals surface area contributed by atoms with Gasteiger partial charge in [-0.05, 0) is 38.4 Å². The number of nitrogens with one attached hydrogen (secondary N) is 2. The molecule has 0 saturated heterocycles. The van der Waals surface area contributed by atoms with Gasteiger partial charge in [-0.25, -0.2) is 4.99 Å². The Bertz CT molecular complexity index is 492. The van der Waals surface area contributed by atoms with Gasteiger partial charge in [-0.2, -0.15) is 11.8 Å². The molecule has 2 N–H and O–H groups in total. The van der Waals surface area contributed by atoms with Gasteiger partial charge in [-0.15, -0.1) is 24.0 Å². The van der Waals surface area contributed by atoms with Gasteiger partial charge in [0.25, 0.3) is 0 Å². The lowest BCUT2D eigenvalue weighted by Crippen LogP contribution is -2.42. The molecule has 0 bridgehead atoms. The number of guanidine groups is 1. The summed E-state index contributed by atoms with van der Waals surface area (Å²) in [6, 6.07) is 2.52. The molecule has 1 aromatic heterocycles. The first kappa shape index (κ1) is 20.6. The van der Waals surface area contributed by atoms with E-state index in [1.165, 1.54) is 19.3 Å². The Balaban J connectivity index is 0.00000264. The third-order valence-electron chi connectivity index (χ3n) is 3.96. The van der Waals surface area contributed by atoms with E-state index in [0.29, 0.717) is 18.5 Å². The maximum Gasteiger partial charge on any atom is 0.191 e. The van der Waals surface area contributed by atoms with Crippen LogP contribution in [0, 0.1) is 0 Å². The summed E-state index contributed by atoms with van der Waals surface area (Å²) in [5.41, 5.74) is 0.988. The lowest BCUT2D eigenvalue weighted by Gasteiger charge is -2.16. The van der Waals surface area contributed by atoms with E-state index in [-0.39, 0.29) is 24.0 Å². The first-order valence-corrected chi connectivity index (χ1v) is 9.44. The SMILES string of the molecule is CCNC(=NCc1cc(C(C)C)no1)NC1CCC(SC)C1.I. The molecule has 0 aliphatic heterocycles. The van der Waals surface area contributed by atoms with E-state index in [2.05, 4.69) is 47.8 Å². The second-order valence-corrected chi connectivity index (χ2v) is 7.22. The summed E-state index contributed by atoms with van der Waals surface area (Å²) in [6.07, 6.45) is 5.92. The van der Waals surface area contributed by atoms with Crippen molar-refractivity contribution in [3.05, 3.63) is 17.5 Å². The molecular weight excluding hydrogens is 423 g/mol. The number of nitrogens with zero attached hydrogens (tertiary/aromatic N) is 2. The normalized spacial score (nSPS) is 21.3. The third kappa shape index (κ3) is 6.52. The van der Waals surface area contributed by atoms with Crippen molar-refractivity contribution in [3.8, 4) is 0 Å². The highest BCUT2D eigenvalue weighted by Gasteiger charge is 2.24. The summed E-state index contributed by atoms with van der Waals surface area (Å²) in [7, 11) is 0. The van der Waals surface area contributed by atoms with Crippen LogP contribution in [0.2, 0.25) is 0 Å². The first-order chi connectivity index (χ1) is 10.6. The van der Waals surface area contributed by atoms with Gasteiger partial charge in [-0.1, -0.05) is 19.0 Å². The molecule has 0 radical (unpaired) electrons. The molecule has 1 aromatic rings. The van der Waals surface area contributed by atoms with Gasteiger partial charge < -0.3 is 15.2 Å². The molecule has 23 heavy (non-hydrogen) atoms. The Morgan fingerprint density at radius 1 is 1.48 bits per heavy atom. The third-order valence-corrected chi connectivity index (χ3v) is 5.06. The topological polar surface area (TPSA) is 62.5 Å². The van der Waals surface area contributed by atoms with Crippen LogP contribution in [0.5, 0.6) is 0 Å². The van der Waals surface area contributed by atoms with Gasteiger partial charge in [0.05, 0.1) is 5.69 Å². The minimum Gasteiger partial charge on any atom is -0.359 e. The smallest absolute Gasteiger partial charge is 0.191 e. The number of aromatic nitrogens is 1. The zero-order valence-corrected chi connectivity index (χ0v) is 17.6. The minimum atomic E-state index is 0. The molecule has 7 heteroatoms. The Morgan fingerprint density at radius 2 is 2.26 bits per heavy atom. The molecule has 0 aromatic carbocycles. The Hall–Kier alpha value is -0.440. The molecule has 0 spiro atoms. The lowest BCUT2D eigenvalue weighted by molar-refractivity contribution is 0.376. The number of aliphatic imine (C=N–C) groups is 1. The fourth-order valence-electron chi connectivity index (χ4n) is 2.63. The quantitative estimate of drug-likeness (QED) is 0.391. The molecule has 2 atom stereocenters. The van der Waals surface area contributed by atoms with E-state index in [9.17, 15) is 0 Å². The van der Waals surface area contributed by atoms with Crippen LogP contribution in [0.1, 0.15) is 57.4 Å². The van der Waals surface area contributed by atoms with Crippen molar-refractivity contribution in [2.45, 2.75) is 63.8 Å². The zero-order chi connectivity index (χ0) is 15.9. The van der Waals surface area contributed by atoms with Crippen LogP contribution in [-0.2, 0) is 6.54 Å². The second-order valence-electron chi connectivity index (χ2n) is 6.08. The molecular formula is C16H29IN4OS. The van der Waals surface area contributed by atoms with E-state index in [0.717, 1.165) is 29.2 Å². The van der Waals surface area contributed by atoms with Crippen LogP contribution < -0.4 is 10.6 Å². The van der Waals surface area contributed by atoms with Gasteiger partial charge in [0, 0.05) is 23.9 Å². The Labute approximate surface area is 160 Å². The molecule has 1 saturated carbocycles. The minimum absolute atomic E-state index is 0. The number of halogens is 1. The van der Waals surface area contributed by atoms with Crippen LogP contribution in [0.4, 0.5) is 0 Å². The van der Waals surface area contributed by atoms with Crippen molar-refractivity contribution >= 4 is 41.7 Å². The summed E-state index contributed by atoms with van der Waals surface area (Å²) in [6.45, 7) is 7.69. The summed E-state index contributed by atoms with van der Waals surface area (Å²) < 4.78 is 5.34. The van der Waals surface area contributed by atoms with Gasteiger partial charge in [0.2, 0.25) is 0 Å². The van der Waals surface area contributed by atoms with E-state index < -0.39 is 0 Å². The van der Waals surface area contributed by atoms with Crippen molar-refractivity contribution in [1.29, 1.82) is 0 Å². The highest BCUT2D eigenvalue weighted by atomic mass is 127.